The molecule has 2 aromatic rings. The third-order valence-corrected chi connectivity index (χ3v) is 5.14. The number of hydrogen-bond acceptors (Lipinski definition) is 0. The van der Waals surface area contributed by atoms with E-state index in [1.54, 1.807) is 27.8 Å². The minimum Gasteiger partial charge on any atom is -0.0620 e. The summed E-state index contributed by atoms with van der Waals surface area (Å²) < 4.78 is 0. The molecule has 0 amide bonds. The topological polar surface area (TPSA) is 0 Å². The van der Waals surface area contributed by atoms with Crippen molar-refractivity contribution in [2.45, 2.75) is 50.9 Å². The molecule has 0 saturated carbocycles. The van der Waals surface area contributed by atoms with Crippen molar-refractivity contribution in [1.29, 1.82) is 0 Å². The standard InChI is InChI=1S/C20H22/c1-2-8-17-14-18(13-12-15(17)6-1)20-11-5-9-16-7-3-4-10-19(16)20/h3-4,7,10,12-14,20H,1-2,5-6,8-9,11H2. The highest BCUT2D eigenvalue weighted by Crippen LogP contribution is 2.37. The second kappa shape index (κ2) is 5.09. The van der Waals surface area contributed by atoms with Crippen molar-refractivity contribution in [2.24, 2.45) is 0 Å². The van der Waals surface area contributed by atoms with Crippen LogP contribution >= 0.6 is 0 Å². The second-order valence-corrected chi connectivity index (χ2v) is 6.38. The fourth-order valence-electron chi connectivity index (χ4n) is 4.07. The molecule has 2 aliphatic carbocycles. The van der Waals surface area contributed by atoms with E-state index in [4.69, 9.17) is 0 Å². The van der Waals surface area contributed by atoms with Crippen molar-refractivity contribution in [1.82, 2.24) is 0 Å². The van der Waals surface area contributed by atoms with Gasteiger partial charge < -0.3 is 0 Å². The number of aryl methyl sites for hydroxylation is 3. The summed E-state index contributed by atoms with van der Waals surface area (Å²) in [7, 11) is 0. The van der Waals surface area contributed by atoms with E-state index in [9.17, 15) is 0 Å². The van der Waals surface area contributed by atoms with E-state index in [0.29, 0.717) is 5.92 Å². The lowest BCUT2D eigenvalue weighted by Crippen LogP contribution is -2.12. The third kappa shape index (κ3) is 2.08. The number of hydrogen-bond donors (Lipinski definition) is 0. The van der Waals surface area contributed by atoms with Gasteiger partial charge in [0.1, 0.15) is 0 Å². The maximum atomic E-state index is 2.52. The molecule has 0 heterocycles. The van der Waals surface area contributed by atoms with Crippen LogP contribution in [0.5, 0.6) is 0 Å². The Balaban J connectivity index is 1.75. The predicted octanol–water partition coefficient (Wildman–Crippen LogP) is 5.03. The minimum atomic E-state index is 0.632. The molecular weight excluding hydrogens is 240 g/mol. The first-order chi connectivity index (χ1) is 9.92. The molecule has 0 spiro atoms. The fourth-order valence-corrected chi connectivity index (χ4v) is 4.07. The molecule has 0 aliphatic heterocycles. The summed E-state index contributed by atoms with van der Waals surface area (Å²) >= 11 is 0. The van der Waals surface area contributed by atoms with Gasteiger partial charge in [0.05, 0.1) is 0 Å². The highest BCUT2D eigenvalue weighted by molar-refractivity contribution is 5.43. The van der Waals surface area contributed by atoms with Crippen molar-refractivity contribution < 1.29 is 0 Å². The molecule has 0 N–H and O–H groups in total. The third-order valence-electron chi connectivity index (χ3n) is 5.14. The highest BCUT2D eigenvalue weighted by Gasteiger charge is 2.22. The zero-order valence-electron chi connectivity index (χ0n) is 12.1. The Morgan fingerprint density at radius 1 is 0.700 bits per heavy atom. The van der Waals surface area contributed by atoms with Crippen LogP contribution in [0.3, 0.4) is 0 Å². The zero-order valence-corrected chi connectivity index (χ0v) is 12.1. The molecule has 102 valence electrons. The average molecular weight is 262 g/mol. The van der Waals surface area contributed by atoms with Crippen molar-refractivity contribution >= 4 is 0 Å². The molecule has 1 atom stereocenters. The van der Waals surface area contributed by atoms with E-state index >= 15 is 0 Å². The largest absolute Gasteiger partial charge is 0.0620 e. The average Bonchev–Trinajstić information content (AvgIpc) is 2.54. The van der Waals surface area contributed by atoms with Crippen molar-refractivity contribution in [3.8, 4) is 0 Å². The summed E-state index contributed by atoms with van der Waals surface area (Å²) in [6.07, 6.45) is 9.23. The van der Waals surface area contributed by atoms with Crippen molar-refractivity contribution in [2.75, 3.05) is 0 Å². The quantitative estimate of drug-likeness (QED) is 0.676. The Hall–Kier alpha value is -1.56. The molecule has 0 fully saturated rings. The maximum absolute atomic E-state index is 2.52. The Morgan fingerprint density at radius 3 is 2.45 bits per heavy atom. The first-order valence-corrected chi connectivity index (χ1v) is 8.11. The molecule has 0 aromatic heterocycles. The van der Waals surface area contributed by atoms with Gasteiger partial charge in [0.2, 0.25) is 0 Å². The molecule has 0 saturated heterocycles. The first-order valence-electron chi connectivity index (χ1n) is 8.11. The summed E-state index contributed by atoms with van der Waals surface area (Å²) in [4.78, 5) is 0. The van der Waals surface area contributed by atoms with E-state index in [0.717, 1.165) is 0 Å². The van der Waals surface area contributed by atoms with Gasteiger partial charge in [-0.25, -0.2) is 0 Å². The van der Waals surface area contributed by atoms with E-state index in [1.165, 1.54) is 44.9 Å². The summed E-state index contributed by atoms with van der Waals surface area (Å²) in [5.41, 5.74) is 7.93. The summed E-state index contributed by atoms with van der Waals surface area (Å²) in [5, 5.41) is 0. The van der Waals surface area contributed by atoms with E-state index < -0.39 is 0 Å². The number of rotatable bonds is 1. The van der Waals surface area contributed by atoms with E-state index in [2.05, 4.69) is 42.5 Å². The Morgan fingerprint density at radius 2 is 1.50 bits per heavy atom. The van der Waals surface area contributed by atoms with Crippen LogP contribution in [0, 0.1) is 0 Å². The van der Waals surface area contributed by atoms with Gasteiger partial charge in [-0.3, -0.25) is 0 Å². The summed E-state index contributed by atoms with van der Waals surface area (Å²) in [6.45, 7) is 0. The van der Waals surface area contributed by atoms with Gasteiger partial charge in [-0.05, 0) is 72.8 Å². The van der Waals surface area contributed by atoms with Crippen LogP contribution < -0.4 is 0 Å². The minimum absolute atomic E-state index is 0.632. The smallest absolute Gasteiger partial charge is 0.00922 e. The molecular formula is C20H22. The monoisotopic (exact) mass is 262 g/mol. The molecule has 20 heavy (non-hydrogen) atoms. The summed E-state index contributed by atoms with van der Waals surface area (Å²) in [6, 6.07) is 16.4. The second-order valence-electron chi connectivity index (χ2n) is 6.38. The van der Waals surface area contributed by atoms with E-state index in [1.807, 2.05) is 0 Å². The van der Waals surface area contributed by atoms with E-state index in [-0.39, 0.29) is 0 Å². The van der Waals surface area contributed by atoms with Crippen LogP contribution in [0.4, 0.5) is 0 Å². The van der Waals surface area contributed by atoms with Gasteiger partial charge in [-0.1, -0.05) is 42.5 Å². The zero-order chi connectivity index (χ0) is 13.4. The van der Waals surface area contributed by atoms with Crippen LogP contribution in [-0.2, 0) is 19.3 Å². The molecule has 0 heteroatoms. The van der Waals surface area contributed by atoms with Crippen LogP contribution in [0.15, 0.2) is 42.5 Å². The molecule has 1 unspecified atom stereocenters. The van der Waals surface area contributed by atoms with Crippen LogP contribution in [0.2, 0.25) is 0 Å². The Labute approximate surface area is 121 Å². The first kappa shape index (κ1) is 12.2. The van der Waals surface area contributed by atoms with Crippen LogP contribution in [0.1, 0.15) is 59.4 Å². The van der Waals surface area contributed by atoms with Gasteiger partial charge in [0, 0.05) is 5.92 Å². The fraction of sp³-hybridized carbons (Fsp3) is 0.400. The van der Waals surface area contributed by atoms with Gasteiger partial charge in [-0.2, -0.15) is 0 Å². The SMILES string of the molecule is c1ccc2c(c1)CCCC2c1ccc2c(c1)CCCC2. The maximum Gasteiger partial charge on any atom is 0.00922 e. The predicted molar refractivity (Wildman–Crippen MR) is 84.3 cm³/mol. The van der Waals surface area contributed by atoms with Gasteiger partial charge in [0.25, 0.3) is 0 Å². The molecule has 2 aliphatic rings. The molecule has 0 bridgehead atoms. The molecule has 0 radical (unpaired) electrons. The van der Waals surface area contributed by atoms with Gasteiger partial charge >= 0.3 is 0 Å². The number of fused-ring (bicyclic) bond motifs is 2. The molecule has 0 nitrogen and oxygen atoms in total. The Kier molecular flexibility index (Phi) is 3.10. The van der Waals surface area contributed by atoms with Crippen LogP contribution in [-0.4, -0.2) is 0 Å². The van der Waals surface area contributed by atoms with Crippen LogP contribution in [0.25, 0.3) is 0 Å². The lowest BCUT2D eigenvalue weighted by Gasteiger charge is -2.27. The van der Waals surface area contributed by atoms with Gasteiger partial charge in [0.15, 0.2) is 0 Å². The normalized spacial score (nSPS) is 21.1. The lowest BCUT2D eigenvalue weighted by molar-refractivity contribution is 0.613. The number of benzene rings is 2. The Bertz CT molecular complexity index is 624. The van der Waals surface area contributed by atoms with Gasteiger partial charge in [-0.15, -0.1) is 0 Å². The molecule has 4 rings (SSSR count). The highest BCUT2D eigenvalue weighted by atomic mass is 14.3. The van der Waals surface area contributed by atoms with Crippen molar-refractivity contribution in [3.05, 3.63) is 70.3 Å². The molecule has 2 aromatic carbocycles. The van der Waals surface area contributed by atoms with Crippen molar-refractivity contribution in [3.63, 3.8) is 0 Å². The lowest BCUT2D eigenvalue weighted by atomic mass is 9.77. The summed E-state index contributed by atoms with van der Waals surface area (Å²) in [5.74, 6) is 0.632.